The van der Waals surface area contributed by atoms with Crippen LogP contribution in [0.3, 0.4) is 0 Å². The van der Waals surface area contributed by atoms with E-state index in [1.165, 1.54) is 17.2 Å². The van der Waals surface area contributed by atoms with Crippen LogP contribution in [0.1, 0.15) is 27.7 Å². The number of aliphatic hydroxyl groups excluding tert-OH is 2. The van der Waals surface area contributed by atoms with Crippen LogP contribution in [0, 0.1) is 0 Å². The van der Waals surface area contributed by atoms with Crippen molar-refractivity contribution in [2.45, 2.75) is 37.0 Å². The Morgan fingerprint density at radius 2 is 1.76 bits per heavy atom. The number of ether oxygens (including phenoxy) is 2. The molecule has 196 valence electrons. The maximum absolute atomic E-state index is 12.9. The zero-order valence-electron chi connectivity index (χ0n) is 20.1. The van der Waals surface area contributed by atoms with Gasteiger partial charge in [-0.3, -0.25) is 14.2 Å². The van der Waals surface area contributed by atoms with Gasteiger partial charge in [0, 0.05) is 11.1 Å². The van der Waals surface area contributed by atoms with Gasteiger partial charge in [0.1, 0.15) is 30.1 Å². The molecule has 38 heavy (non-hydrogen) atoms. The van der Waals surface area contributed by atoms with E-state index < -0.39 is 43.2 Å². The summed E-state index contributed by atoms with van der Waals surface area (Å²) in [5.74, 6) is -0.734. The number of esters is 1. The molecule has 3 heterocycles. The molecule has 0 unspecified atom stereocenters. The van der Waals surface area contributed by atoms with Gasteiger partial charge < -0.3 is 31.2 Å². The molecule has 0 amide bonds. The molecule has 0 bridgehead atoms. The summed E-state index contributed by atoms with van der Waals surface area (Å²) in [6.07, 6.45) is -1.83. The third-order valence-corrected chi connectivity index (χ3v) is 6.42. The molecule has 4 aromatic rings. The number of imidazole rings is 1. The number of rotatable bonds is 8. The average molecular weight is 519 g/mol. The fraction of sp³-hybridized carbons (Fsp3) is 0.269. The molecule has 1 fully saturated rings. The summed E-state index contributed by atoms with van der Waals surface area (Å²) < 4.78 is 12.8. The van der Waals surface area contributed by atoms with E-state index >= 15 is 0 Å². The van der Waals surface area contributed by atoms with Crippen LogP contribution in [0.25, 0.3) is 11.2 Å². The third kappa shape index (κ3) is 4.85. The Labute approximate surface area is 216 Å². The fourth-order valence-electron chi connectivity index (χ4n) is 4.38. The highest BCUT2D eigenvalue weighted by atomic mass is 16.6. The number of carbonyl (C=O) groups is 2. The smallest absolute Gasteiger partial charge is 0.323 e. The summed E-state index contributed by atoms with van der Waals surface area (Å²) in [5.41, 5.74) is 14.4. The maximum atomic E-state index is 12.9. The van der Waals surface area contributed by atoms with E-state index in [0.29, 0.717) is 22.3 Å². The SMILES string of the molecule is Nc1ncnc2c1ncn2[C@@H]1O[C@H](CO)[C@@H](O)[C@H]1OC(=O)[C@@H](N)Cc1ccc(C(=O)c2ccccc2)cc1. The molecular formula is C26H26N6O6. The Kier molecular flexibility index (Phi) is 7.11. The highest BCUT2D eigenvalue weighted by molar-refractivity contribution is 6.08. The largest absolute Gasteiger partial charge is 0.453 e. The van der Waals surface area contributed by atoms with Crippen LogP contribution in [0.15, 0.2) is 67.3 Å². The first-order valence-corrected chi connectivity index (χ1v) is 11.9. The number of aliphatic hydroxyl groups is 2. The van der Waals surface area contributed by atoms with Gasteiger partial charge in [0.25, 0.3) is 0 Å². The maximum Gasteiger partial charge on any atom is 0.323 e. The van der Waals surface area contributed by atoms with Gasteiger partial charge in [-0.2, -0.15) is 0 Å². The van der Waals surface area contributed by atoms with E-state index in [1.807, 2.05) is 6.07 Å². The Bertz CT molecular complexity index is 1440. The second-order valence-electron chi connectivity index (χ2n) is 8.93. The molecule has 0 spiro atoms. The van der Waals surface area contributed by atoms with Crippen molar-refractivity contribution in [2.24, 2.45) is 5.73 Å². The van der Waals surface area contributed by atoms with Crippen molar-refractivity contribution in [3.63, 3.8) is 0 Å². The minimum Gasteiger partial charge on any atom is -0.453 e. The second kappa shape index (κ2) is 10.6. The standard InChI is InChI=1S/C26H26N6O6/c27-17(10-14-6-8-16(9-7-14)20(34)15-4-2-1-3-5-15)26(36)38-22-21(35)18(11-33)37-25(22)32-13-31-19-23(28)29-12-30-24(19)32/h1-9,12-13,17-18,21-22,25,33,35H,10-11,27H2,(H2,28,29,30)/t17-,18+,21+,22+,25+/m0/s1. The molecule has 1 aliphatic rings. The van der Waals surface area contributed by atoms with Crippen LogP contribution < -0.4 is 11.5 Å². The van der Waals surface area contributed by atoms with E-state index in [4.69, 9.17) is 20.9 Å². The third-order valence-electron chi connectivity index (χ3n) is 6.42. The zero-order chi connectivity index (χ0) is 26.8. The van der Waals surface area contributed by atoms with Crippen molar-refractivity contribution in [2.75, 3.05) is 12.3 Å². The van der Waals surface area contributed by atoms with Crippen molar-refractivity contribution < 1.29 is 29.3 Å². The Morgan fingerprint density at radius 3 is 2.47 bits per heavy atom. The molecule has 6 N–H and O–H groups in total. The lowest BCUT2D eigenvalue weighted by molar-refractivity contribution is -0.160. The lowest BCUT2D eigenvalue weighted by atomic mass is 10.00. The summed E-state index contributed by atoms with van der Waals surface area (Å²) in [5, 5.41) is 20.4. The average Bonchev–Trinajstić information content (AvgIpc) is 3.50. The van der Waals surface area contributed by atoms with Crippen LogP contribution in [-0.2, 0) is 20.7 Å². The van der Waals surface area contributed by atoms with Gasteiger partial charge in [-0.15, -0.1) is 0 Å². The summed E-state index contributed by atoms with van der Waals surface area (Å²) in [6.45, 7) is -0.504. The summed E-state index contributed by atoms with van der Waals surface area (Å²) in [4.78, 5) is 37.8. The van der Waals surface area contributed by atoms with Crippen LogP contribution in [0.4, 0.5) is 5.82 Å². The molecule has 12 heteroatoms. The van der Waals surface area contributed by atoms with Crippen LogP contribution in [0.5, 0.6) is 0 Å². The van der Waals surface area contributed by atoms with E-state index in [0.717, 1.165) is 5.56 Å². The van der Waals surface area contributed by atoms with Crippen LogP contribution >= 0.6 is 0 Å². The van der Waals surface area contributed by atoms with Gasteiger partial charge in [0.15, 0.2) is 29.6 Å². The van der Waals surface area contributed by atoms with E-state index in [9.17, 15) is 19.8 Å². The number of aromatic nitrogens is 4. The molecule has 2 aromatic heterocycles. The number of hydrogen-bond donors (Lipinski definition) is 4. The minimum absolute atomic E-state index is 0.111. The lowest BCUT2D eigenvalue weighted by Crippen LogP contribution is -2.42. The summed E-state index contributed by atoms with van der Waals surface area (Å²) in [7, 11) is 0. The molecule has 2 aromatic carbocycles. The zero-order valence-corrected chi connectivity index (χ0v) is 20.1. The van der Waals surface area contributed by atoms with Crippen LogP contribution in [0.2, 0.25) is 0 Å². The Balaban J connectivity index is 1.29. The molecule has 1 aliphatic heterocycles. The monoisotopic (exact) mass is 518 g/mol. The van der Waals surface area contributed by atoms with Gasteiger partial charge in [0.05, 0.1) is 12.9 Å². The van der Waals surface area contributed by atoms with Gasteiger partial charge in [-0.05, 0) is 12.0 Å². The molecular weight excluding hydrogens is 492 g/mol. The fourth-order valence-corrected chi connectivity index (χ4v) is 4.38. The van der Waals surface area contributed by atoms with Crippen LogP contribution in [-0.4, -0.2) is 72.4 Å². The first-order chi connectivity index (χ1) is 18.4. The van der Waals surface area contributed by atoms with Gasteiger partial charge in [0.2, 0.25) is 0 Å². The van der Waals surface area contributed by atoms with E-state index in [1.54, 1.807) is 48.5 Å². The topological polar surface area (TPSA) is 189 Å². The number of ketones is 1. The van der Waals surface area contributed by atoms with E-state index in [2.05, 4.69) is 15.0 Å². The minimum atomic E-state index is -1.33. The molecule has 12 nitrogen and oxygen atoms in total. The number of nitrogens with two attached hydrogens (primary N) is 2. The quantitative estimate of drug-likeness (QED) is 0.186. The highest BCUT2D eigenvalue weighted by Crippen LogP contribution is 2.34. The molecule has 5 atom stereocenters. The number of nitrogens with zero attached hydrogens (tertiary/aromatic N) is 4. The number of hydrogen-bond acceptors (Lipinski definition) is 11. The first kappa shape index (κ1) is 25.4. The first-order valence-electron chi connectivity index (χ1n) is 11.9. The summed E-state index contributed by atoms with van der Waals surface area (Å²) >= 11 is 0. The Hall–Kier alpha value is -4.23. The van der Waals surface area contributed by atoms with Crippen molar-refractivity contribution >= 4 is 28.7 Å². The normalized spacial score (nSPS) is 21.9. The molecule has 0 radical (unpaired) electrons. The molecule has 0 saturated carbocycles. The second-order valence-corrected chi connectivity index (χ2v) is 8.93. The number of nitrogen functional groups attached to an aromatic ring is 1. The predicted octanol–water partition coefficient (Wildman–Crippen LogP) is 0.372. The van der Waals surface area contributed by atoms with E-state index in [-0.39, 0.29) is 18.0 Å². The highest BCUT2D eigenvalue weighted by Gasteiger charge is 2.48. The van der Waals surface area contributed by atoms with Gasteiger partial charge in [-0.1, -0.05) is 54.6 Å². The lowest BCUT2D eigenvalue weighted by Gasteiger charge is -2.23. The summed E-state index contributed by atoms with van der Waals surface area (Å²) in [6, 6.07) is 14.7. The molecule has 5 rings (SSSR count). The number of fused-ring (bicyclic) bond motifs is 1. The van der Waals surface area contributed by atoms with Crippen molar-refractivity contribution in [1.82, 2.24) is 19.5 Å². The number of anilines is 1. The van der Waals surface area contributed by atoms with Crippen molar-refractivity contribution in [3.05, 3.63) is 83.9 Å². The Morgan fingerprint density at radius 1 is 1.05 bits per heavy atom. The van der Waals surface area contributed by atoms with Crippen molar-refractivity contribution in [1.29, 1.82) is 0 Å². The van der Waals surface area contributed by atoms with Gasteiger partial charge in [-0.25, -0.2) is 15.0 Å². The predicted molar refractivity (Wildman–Crippen MR) is 135 cm³/mol. The van der Waals surface area contributed by atoms with Crippen molar-refractivity contribution in [3.8, 4) is 0 Å². The number of benzene rings is 2. The molecule has 0 aliphatic carbocycles. The number of carbonyl (C=O) groups excluding carboxylic acids is 2. The molecule has 1 saturated heterocycles. The van der Waals surface area contributed by atoms with Gasteiger partial charge >= 0.3 is 5.97 Å².